The molecule has 0 aliphatic heterocycles. The number of aromatic nitrogens is 1. The smallest absolute Gasteiger partial charge is 0.101 e. The van der Waals surface area contributed by atoms with E-state index in [-0.39, 0.29) is 0 Å². The highest BCUT2D eigenvalue weighted by atomic mass is 15.0. The molecule has 1 heterocycles. The Morgan fingerprint density at radius 1 is 0.345 bits per heavy atom. The maximum Gasteiger partial charge on any atom is 0.101 e. The Labute approximate surface area is 318 Å². The van der Waals surface area contributed by atoms with Crippen molar-refractivity contribution in [2.24, 2.45) is 0 Å². The zero-order valence-electron chi connectivity index (χ0n) is 29.7. The van der Waals surface area contributed by atoms with Crippen molar-refractivity contribution in [2.75, 3.05) is 0 Å². The summed E-state index contributed by atoms with van der Waals surface area (Å²) in [5.41, 5.74) is 13.0. The molecule has 9 aromatic carbocycles. The number of para-hydroxylation sites is 1. The van der Waals surface area contributed by atoms with Gasteiger partial charge in [-0.3, -0.25) is 0 Å². The summed E-state index contributed by atoms with van der Waals surface area (Å²) in [5.74, 6) is 0. The quantitative estimate of drug-likeness (QED) is 0.168. The van der Waals surface area contributed by atoms with Gasteiger partial charge in [0, 0.05) is 10.8 Å². The molecule has 0 saturated heterocycles. The van der Waals surface area contributed by atoms with Gasteiger partial charge in [-0.1, -0.05) is 146 Å². The zero-order chi connectivity index (χ0) is 36.9. The standard InChI is InChI=1S/C52H31N3/c53-32-34-25-27-50-47(29-34)42-19-10-11-24-49(42)55(50)48-28-26-37(31-39(48)33-54)41-18-5-4-17-40(41)36-15-12-16-38(30-36)52-45-22-8-6-20-43(45)51(35-13-2-1-3-14-35)44-21-7-9-23-46(44)52/h1-31H. The molecule has 0 radical (unpaired) electrons. The molecular formula is C52H31N3. The lowest BCUT2D eigenvalue weighted by molar-refractivity contribution is 1.17. The average molecular weight is 698 g/mol. The summed E-state index contributed by atoms with van der Waals surface area (Å²) in [4.78, 5) is 0. The molecule has 254 valence electrons. The fourth-order valence-corrected chi connectivity index (χ4v) is 8.47. The van der Waals surface area contributed by atoms with Gasteiger partial charge in [0.2, 0.25) is 0 Å². The highest BCUT2D eigenvalue weighted by molar-refractivity contribution is 6.21. The van der Waals surface area contributed by atoms with Gasteiger partial charge in [0.25, 0.3) is 0 Å². The average Bonchev–Trinajstić information content (AvgIpc) is 3.59. The van der Waals surface area contributed by atoms with Crippen LogP contribution in [-0.2, 0) is 0 Å². The van der Waals surface area contributed by atoms with E-state index in [9.17, 15) is 10.5 Å². The third-order valence-electron chi connectivity index (χ3n) is 10.9. The molecule has 10 aromatic rings. The van der Waals surface area contributed by atoms with E-state index in [2.05, 4.69) is 168 Å². The van der Waals surface area contributed by atoms with Gasteiger partial charge in [-0.15, -0.1) is 0 Å². The maximum absolute atomic E-state index is 10.6. The van der Waals surface area contributed by atoms with Crippen LogP contribution >= 0.6 is 0 Å². The first-order valence-electron chi connectivity index (χ1n) is 18.4. The molecule has 0 fully saturated rings. The van der Waals surface area contributed by atoms with E-state index in [0.717, 1.165) is 55.3 Å². The van der Waals surface area contributed by atoms with Gasteiger partial charge in [-0.2, -0.15) is 10.5 Å². The van der Waals surface area contributed by atoms with Gasteiger partial charge in [0.1, 0.15) is 6.07 Å². The largest absolute Gasteiger partial charge is 0.308 e. The number of nitrogens with zero attached hydrogens (tertiary/aromatic N) is 3. The second kappa shape index (κ2) is 13.0. The molecule has 0 unspecified atom stereocenters. The lowest BCUT2D eigenvalue weighted by Crippen LogP contribution is -1.98. The second-order valence-electron chi connectivity index (χ2n) is 13.9. The number of fused-ring (bicyclic) bond motifs is 5. The summed E-state index contributed by atoms with van der Waals surface area (Å²) in [6.45, 7) is 0. The fourth-order valence-electron chi connectivity index (χ4n) is 8.47. The van der Waals surface area contributed by atoms with Crippen LogP contribution in [0, 0.1) is 22.7 Å². The Morgan fingerprint density at radius 3 is 1.53 bits per heavy atom. The van der Waals surface area contributed by atoms with Crippen LogP contribution in [0.2, 0.25) is 0 Å². The number of rotatable bonds is 5. The SMILES string of the molecule is N#Cc1ccc2c(c1)c1ccccc1n2-c1ccc(-c2ccccc2-c2cccc(-c3c4ccccc4c(-c4ccccc4)c4ccccc34)c2)cc1C#N. The Balaban J connectivity index is 1.13. The van der Waals surface area contributed by atoms with Crippen molar-refractivity contribution in [1.29, 1.82) is 10.5 Å². The molecule has 0 atom stereocenters. The summed E-state index contributed by atoms with van der Waals surface area (Å²) in [6, 6.07) is 70.4. The first-order chi connectivity index (χ1) is 27.2. The number of hydrogen-bond donors (Lipinski definition) is 0. The Hall–Kier alpha value is -7.72. The van der Waals surface area contributed by atoms with Crippen molar-refractivity contribution in [2.45, 2.75) is 0 Å². The summed E-state index contributed by atoms with van der Waals surface area (Å²) >= 11 is 0. The number of nitriles is 2. The molecule has 55 heavy (non-hydrogen) atoms. The third kappa shape index (κ3) is 5.19. The van der Waals surface area contributed by atoms with Gasteiger partial charge in [0.05, 0.1) is 33.9 Å². The minimum atomic E-state index is 0.574. The van der Waals surface area contributed by atoms with Crippen molar-refractivity contribution < 1.29 is 0 Å². The molecule has 10 rings (SSSR count). The van der Waals surface area contributed by atoms with Crippen LogP contribution in [0.5, 0.6) is 0 Å². The van der Waals surface area contributed by atoms with Gasteiger partial charge >= 0.3 is 0 Å². The van der Waals surface area contributed by atoms with Crippen molar-refractivity contribution >= 4 is 43.4 Å². The molecule has 0 aliphatic rings. The van der Waals surface area contributed by atoms with Crippen LogP contribution in [0.1, 0.15) is 11.1 Å². The summed E-state index contributed by atoms with van der Waals surface area (Å²) < 4.78 is 2.14. The van der Waals surface area contributed by atoms with E-state index >= 15 is 0 Å². The second-order valence-corrected chi connectivity index (χ2v) is 13.9. The highest BCUT2D eigenvalue weighted by Crippen LogP contribution is 2.45. The van der Waals surface area contributed by atoms with Crippen molar-refractivity contribution in [3.05, 3.63) is 199 Å². The first kappa shape index (κ1) is 32.0. The highest BCUT2D eigenvalue weighted by Gasteiger charge is 2.19. The Morgan fingerprint density at radius 2 is 0.873 bits per heavy atom. The molecule has 3 heteroatoms. The normalized spacial score (nSPS) is 11.2. The topological polar surface area (TPSA) is 52.5 Å². The summed E-state index contributed by atoms with van der Waals surface area (Å²) in [6.07, 6.45) is 0. The lowest BCUT2D eigenvalue weighted by Gasteiger charge is -2.18. The molecule has 0 spiro atoms. The molecule has 0 amide bonds. The molecule has 1 aromatic heterocycles. The van der Waals surface area contributed by atoms with Crippen LogP contribution in [0.25, 0.3) is 93.5 Å². The van der Waals surface area contributed by atoms with Crippen LogP contribution in [-0.4, -0.2) is 4.57 Å². The van der Waals surface area contributed by atoms with Crippen molar-refractivity contribution in [3.63, 3.8) is 0 Å². The van der Waals surface area contributed by atoms with E-state index in [1.807, 2.05) is 36.4 Å². The molecule has 0 N–H and O–H groups in total. The minimum absolute atomic E-state index is 0.574. The number of benzene rings is 9. The van der Waals surface area contributed by atoms with E-state index in [1.54, 1.807) is 0 Å². The van der Waals surface area contributed by atoms with Crippen molar-refractivity contribution in [3.8, 4) is 62.3 Å². The van der Waals surface area contributed by atoms with E-state index in [0.29, 0.717) is 11.1 Å². The number of hydrogen-bond acceptors (Lipinski definition) is 2. The monoisotopic (exact) mass is 697 g/mol. The third-order valence-corrected chi connectivity index (χ3v) is 10.9. The maximum atomic E-state index is 10.6. The first-order valence-corrected chi connectivity index (χ1v) is 18.4. The lowest BCUT2D eigenvalue weighted by atomic mass is 9.85. The van der Waals surface area contributed by atoms with Crippen LogP contribution in [0.3, 0.4) is 0 Å². The van der Waals surface area contributed by atoms with Gasteiger partial charge in [-0.25, -0.2) is 0 Å². The van der Waals surface area contributed by atoms with Crippen LogP contribution in [0.4, 0.5) is 0 Å². The molecule has 3 nitrogen and oxygen atoms in total. The van der Waals surface area contributed by atoms with Crippen molar-refractivity contribution in [1.82, 2.24) is 4.57 Å². The summed E-state index contributed by atoms with van der Waals surface area (Å²) in [5, 5.41) is 27.2. The van der Waals surface area contributed by atoms with Crippen LogP contribution in [0.15, 0.2) is 188 Å². The molecule has 0 saturated carbocycles. The molecular weight excluding hydrogens is 667 g/mol. The summed E-state index contributed by atoms with van der Waals surface area (Å²) in [7, 11) is 0. The predicted octanol–water partition coefficient (Wildman–Crippen LogP) is 13.5. The van der Waals surface area contributed by atoms with E-state index in [4.69, 9.17) is 0 Å². The predicted molar refractivity (Wildman–Crippen MR) is 227 cm³/mol. The van der Waals surface area contributed by atoms with E-state index < -0.39 is 0 Å². The van der Waals surface area contributed by atoms with Crippen LogP contribution < -0.4 is 0 Å². The van der Waals surface area contributed by atoms with Gasteiger partial charge in [0.15, 0.2) is 0 Å². The van der Waals surface area contributed by atoms with Gasteiger partial charge < -0.3 is 4.57 Å². The minimum Gasteiger partial charge on any atom is -0.308 e. The molecule has 0 aliphatic carbocycles. The van der Waals surface area contributed by atoms with Gasteiger partial charge in [-0.05, 0) is 109 Å². The Kier molecular flexibility index (Phi) is 7.58. The molecule has 0 bridgehead atoms. The Bertz CT molecular complexity index is 3170. The fraction of sp³-hybridized carbons (Fsp3) is 0. The zero-order valence-corrected chi connectivity index (χ0v) is 29.7. The van der Waals surface area contributed by atoms with E-state index in [1.165, 1.54) is 38.2 Å².